The molecule has 1 aromatic heterocycles. The number of pyridine rings is 1. The van der Waals surface area contributed by atoms with E-state index >= 15 is 0 Å². The molecule has 0 fully saturated rings. The molecule has 82 valence electrons. The average Bonchev–Trinajstić information content (AvgIpc) is 2.28. The molecule has 0 unspecified atom stereocenters. The number of ether oxygens (including phenoxy) is 1. The highest BCUT2D eigenvalue weighted by molar-refractivity contribution is 6.36. The molecular formula is C10H12Cl2N2O. The molecule has 2 N–H and O–H groups in total. The second kappa shape index (κ2) is 6.67. The Morgan fingerprint density at radius 3 is 2.87 bits per heavy atom. The predicted molar refractivity (Wildman–Crippen MR) is 62.3 cm³/mol. The predicted octanol–water partition coefficient (Wildman–Crippen LogP) is 2.28. The summed E-state index contributed by atoms with van der Waals surface area (Å²) in [5, 5.41) is 0.447. The van der Waals surface area contributed by atoms with E-state index in [4.69, 9.17) is 33.7 Å². The second-order valence-electron chi connectivity index (χ2n) is 2.87. The summed E-state index contributed by atoms with van der Waals surface area (Å²) in [4.78, 5) is 4.17. The van der Waals surface area contributed by atoms with Crippen LogP contribution in [-0.2, 0) is 6.42 Å². The van der Waals surface area contributed by atoms with Gasteiger partial charge in [0, 0.05) is 17.6 Å². The molecule has 0 atom stereocenters. The van der Waals surface area contributed by atoms with Crippen molar-refractivity contribution in [1.82, 2.24) is 4.98 Å². The molecule has 3 nitrogen and oxygen atoms in total. The van der Waals surface area contributed by atoms with Crippen molar-refractivity contribution in [2.24, 2.45) is 5.73 Å². The number of hydrogen-bond donors (Lipinski definition) is 1. The first-order chi connectivity index (χ1) is 7.26. The highest BCUT2D eigenvalue weighted by atomic mass is 35.5. The number of nitrogens with two attached hydrogens (primary N) is 1. The fourth-order valence-corrected chi connectivity index (χ4v) is 1.09. The van der Waals surface area contributed by atoms with E-state index in [1.807, 2.05) is 12.1 Å². The molecule has 1 heterocycles. The van der Waals surface area contributed by atoms with Crippen molar-refractivity contribution in [1.29, 1.82) is 0 Å². The van der Waals surface area contributed by atoms with Gasteiger partial charge in [-0.3, -0.25) is 4.98 Å². The van der Waals surface area contributed by atoms with Crippen molar-refractivity contribution in [3.63, 3.8) is 0 Å². The lowest BCUT2D eigenvalue weighted by Crippen LogP contribution is -2.04. The van der Waals surface area contributed by atoms with Gasteiger partial charge in [-0.1, -0.05) is 23.2 Å². The average molecular weight is 247 g/mol. The van der Waals surface area contributed by atoms with Gasteiger partial charge in [0.2, 0.25) is 0 Å². The maximum absolute atomic E-state index is 5.66. The molecule has 0 amide bonds. The zero-order chi connectivity index (χ0) is 11.1. The summed E-state index contributed by atoms with van der Waals surface area (Å²) in [6.45, 7) is 0.844. The third-order valence-corrected chi connectivity index (χ3v) is 2.29. The topological polar surface area (TPSA) is 48.1 Å². The quantitative estimate of drug-likeness (QED) is 0.868. The summed E-state index contributed by atoms with van der Waals surface area (Å²) in [6.07, 6.45) is 2.41. The van der Waals surface area contributed by atoms with Gasteiger partial charge in [0.1, 0.15) is 12.4 Å². The lowest BCUT2D eigenvalue weighted by Gasteiger charge is -2.05. The van der Waals surface area contributed by atoms with Crippen LogP contribution in [0.4, 0.5) is 0 Å². The molecule has 0 bridgehead atoms. The number of aromatic nitrogens is 1. The minimum atomic E-state index is 0.253. The lowest BCUT2D eigenvalue weighted by molar-refractivity contribution is 0.357. The van der Waals surface area contributed by atoms with E-state index in [-0.39, 0.29) is 6.61 Å². The van der Waals surface area contributed by atoms with Crippen molar-refractivity contribution in [3.8, 4) is 5.75 Å². The van der Waals surface area contributed by atoms with E-state index < -0.39 is 0 Å². The molecule has 0 aromatic carbocycles. The Hall–Kier alpha value is -0.770. The summed E-state index contributed by atoms with van der Waals surface area (Å²) < 4.78 is 5.31. The monoisotopic (exact) mass is 246 g/mol. The van der Waals surface area contributed by atoms with E-state index in [1.165, 1.54) is 5.54 Å². The molecule has 0 aliphatic rings. The molecule has 0 spiro atoms. The van der Waals surface area contributed by atoms with Crippen LogP contribution >= 0.6 is 23.2 Å². The van der Waals surface area contributed by atoms with Crippen LogP contribution in [-0.4, -0.2) is 18.1 Å². The van der Waals surface area contributed by atoms with Crippen molar-refractivity contribution in [2.45, 2.75) is 6.42 Å². The minimum absolute atomic E-state index is 0.253. The highest BCUT2D eigenvalue weighted by Gasteiger charge is 1.97. The third-order valence-electron chi connectivity index (χ3n) is 1.69. The highest BCUT2D eigenvalue weighted by Crippen LogP contribution is 2.12. The van der Waals surface area contributed by atoms with Gasteiger partial charge < -0.3 is 10.5 Å². The van der Waals surface area contributed by atoms with E-state index in [0.29, 0.717) is 17.3 Å². The van der Waals surface area contributed by atoms with E-state index in [2.05, 4.69) is 4.98 Å². The standard InChI is InChI=1S/C10H12Cl2N2O/c11-5-8(12)7-15-10-2-1-9(3-4-13)14-6-10/h1-2,5-6H,3-4,7,13H2. The summed E-state index contributed by atoms with van der Waals surface area (Å²) in [7, 11) is 0. The molecule has 15 heavy (non-hydrogen) atoms. The van der Waals surface area contributed by atoms with Crippen molar-refractivity contribution in [3.05, 3.63) is 34.6 Å². The van der Waals surface area contributed by atoms with Crippen LogP contribution in [0.5, 0.6) is 5.75 Å². The molecule has 0 radical (unpaired) electrons. The van der Waals surface area contributed by atoms with Gasteiger partial charge in [-0.15, -0.1) is 0 Å². The Morgan fingerprint density at radius 2 is 2.33 bits per heavy atom. The zero-order valence-electron chi connectivity index (χ0n) is 8.12. The number of hydrogen-bond acceptors (Lipinski definition) is 3. The molecule has 0 saturated carbocycles. The van der Waals surface area contributed by atoms with E-state index in [0.717, 1.165) is 12.1 Å². The summed E-state index contributed by atoms with van der Waals surface area (Å²) >= 11 is 11.0. The van der Waals surface area contributed by atoms with Crippen LogP contribution in [0.15, 0.2) is 28.9 Å². The maximum Gasteiger partial charge on any atom is 0.138 e. The first kappa shape index (κ1) is 12.3. The molecule has 1 rings (SSSR count). The summed E-state index contributed by atoms with van der Waals surface area (Å²) in [6, 6.07) is 3.71. The third kappa shape index (κ3) is 4.51. The molecule has 0 saturated heterocycles. The van der Waals surface area contributed by atoms with Crippen LogP contribution in [0, 0.1) is 0 Å². The van der Waals surface area contributed by atoms with E-state index in [9.17, 15) is 0 Å². The molecule has 0 aliphatic heterocycles. The lowest BCUT2D eigenvalue weighted by atomic mass is 10.3. The first-order valence-corrected chi connectivity index (χ1v) is 5.30. The minimum Gasteiger partial charge on any atom is -0.486 e. The normalized spacial score (nSPS) is 11.5. The SMILES string of the molecule is NCCc1ccc(OCC(Cl)=CCl)cn1. The second-order valence-corrected chi connectivity index (χ2v) is 3.57. The van der Waals surface area contributed by atoms with Crippen LogP contribution in [0.1, 0.15) is 5.69 Å². The number of nitrogens with zero attached hydrogens (tertiary/aromatic N) is 1. The Kier molecular flexibility index (Phi) is 5.47. The molecule has 5 heteroatoms. The van der Waals surface area contributed by atoms with Gasteiger partial charge in [-0.2, -0.15) is 0 Å². The molecule has 1 aromatic rings. The summed E-state index contributed by atoms with van der Waals surface area (Å²) in [5.74, 6) is 0.660. The van der Waals surface area contributed by atoms with Crippen LogP contribution < -0.4 is 10.5 Å². The molecule has 0 aliphatic carbocycles. The van der Waals surface area contributed by atoms with Gasteiger partial charge in [0.05, 0.1) is 11.2 Å². The zero-order valence-corrected chi connectivity index (χ0v) is 9.63. The van der Waals surface area contributed by atoms with Crippen LogP contribution in [0.2, 0.25) is 0 Å². The van der Waals surface area contributed by atoms with Crippen LogP contribution in [0.25, 0.3) is 0 Å². The fraction of sp³-hybridized carbons (Fsp3) is 0.300. The Balaban J connectivity index is 2.49. The van der Waals surface area contributed by atoms with Crippen molar-refractivity contribution in [2.75, 3.05) is 13.2 Å². The van der Waals surface area contributed by atoms with Gasteiger partial charge in [-0.05, 0) is 18.7 Å². The van der Waals surface area contributed by atoms with Gasteiger partial charge in [-0.25, -0.2) is 0 Å². The van der Waals surface area contributed by atoms with Gasteiger partial charge >= 0.3 is 0 Å². The number of halogens is 2. The Labute approximate surface area is 98.8 Å². The summed E-state index contributed by atoms with van der Waals surface area (Å²) in [5.41, 5.74) is 7.63. The van der Waals surface area contributed by atoms with E-state index in [1.54, 1.807) is 6.20 Å². The molecular weight excluding hydrogens is 235 g/mol. The largest absolute Gasteiger partial charge is 0.486 e. The first-order valence-electron chi connectivity index (χ1n) is 4.49. The fourth-order valence-electron chi connectivity index (χ4n) is 0.976. The maximum atomic E-state index is 5.66. The smallest absolute Gasteiger partial charge is 0.138 e. The Morgan fingerprint density at radius 1 is 1.53 bits per heavy atom. The van der Waals surface area contributed by atoms with Gasteiger partial charge in [0.25, 0.3) is 0 Å². The number of rotatable bonds is 5. The Bertz CT molecular complexity index is 325. The van der Waals surface area contributed by atoms with Crippen molar-refractivity contribution < 1.29 is 4.74 Å². The van der Waals surface area contributed by atoms with Crippen molar-refractivity contribution >= 4 is 23.2 Å². The van der Waals surface area contributed by atoms with Gasteiger partial charge in [0.15, 0.2) is 0 Å². The van der Waals surface area contributed by atoms with Crippen LogP contribution in [0.3, 0.4) is 0 Å².